The smallest absolute Gasteiger partial charge is 0.417 e. The van der Waals surface area contributed by atoms with Gasteiger partial charge in [-0.05, 0) is 6.07 Å². The molecule has 0 atom stereocenters. The molecule has 6 heteroatoms. The zero-order valence-electron chi connectivity index (χ0n) is 6.27. The first-order valence-electron chi connectivity index (χ1n) is 3.29. The van der Waals surface area contributed by atoms with E-state index in [9.17, 15) is 13.2 Å². The minimum atomic E-state index is -4.49. The molecule has 1 aromatic carbocycles. The van der Waals surface area contributed by atoms with Gasteiger partial charge in [-0.3, -0.25) is 0 Å². The molecule has 0 saturated carbocycles. The molecular weight excluding hydrogens is 203 g/mol. The molecule has 0 heterocycles. The molecule has 1 radical (unpaired) electrons. The molecule has 0 aromatic heterocycles. The summed E-state index contributed by atoms with van der Waals surface area (Å²) in [5, 5.41) is 8.11. The molecule has 0 bridgehead atoms. The minimum absolute atomic E-state index is 0.0664. The van der Waals surface area contributed by atoms with Crippen LogP contribution < -0.4 is 5.46 Å². The maximum absolute atomic E-state index is 12.2. The summed E-state index contributed by atoms with van der Waals surface area (Å²) < 4.78 is 36.6. The van der Waals surface area contributed by atoms with Gasteiger partial charge in [0, 0.05) is 0 Å². The standard InChI is InChI=1S/C7H4BClF3O/c9-6-2-1-4(8-13)3-5(6)7(10,11)12/h1-3,13H. The van der Waals surface area contributed by atoms with Crippen molar-refractivity contribution in [3.05, 3.63) is 28.8 Å². The van der Waals surface area contributed by atoms with Crippen LogP contribution in [0.1, 0.15) is 5.56 Å². The normalized spacial score (nSPS) is 11.5. The van der Waals surface area contributed by atoms with Gasteiger partial charge in [-0.1, -0.05) is 29.2 Å². The lowest BCUT2D eigenvalue weighted by atomic mass is 9.87. The van der Waals surface area contributed by atoms with E-state index in [0.29, 0.717) is 7.48 Å². The highest BCUT2D eigenvalue weighted by Crippen LogP contribution is 2.33. The summed E-state index contributed by atoms with van der Waals surface area (Å²) in [5.41, 5.74) is -0.881. The average molecular weight is 207 g/mol. The van der Waals surface area contributed by atoms with E-state index < -0.39 is 11.7 Å². The van der Waals surface area contributed by atoms with Crippen molar-refractivity contribution in [1.82, 2.24) is 0 Å². The van der Waals surface area contributed by atoms with Crippen molar-refractivity contribution in [2.45, 2.75) is 6.18 Å². The van der Waals surface area contributed by atoms with E-state index >= 15 is 0 Å². The van der Waals surface area contributed by atoms with Crippen molar-refractivity contribution in [1.29, 1.82) is 0 Å². The lowest BCUT2D eigenvalue weighted by molar-refractivity contribution is -0.137. The maximum atomic E-state index is 12.2. The molecule has 69 valence electrons. The largest absolute Gasteiger partial charge is 0.450 e. The lowest BCUT2D eigenvalue weighted by Gasteiger charge is -2.09. The van der Waals surface area contributed by atoms with E-state index in [4.69, 9.17) is 16.6 Å². The second kappa shape index (κ2) is 3.60. The van der Waals surface area contributed by atoms with Crippen molar-refractivity contribution in [2.24, 2.45) is 0 Å². The van der Waals surface area contributed by atoms with Crippen LogP contribution in [0.15, 0.2) is 18.2 Å². The van der Waals surface area contributed by atoms with E-state index in [1.165, 1.54) is 6.07 Å². The van der Waals surface area contributed by atoms with Gasteiger partial charge in [-0.25, -0.2) is 0 Å². The molecule has 1 aromatic rings. The van der Waals surface area contributed by atoms with Crippen LogP contribution >= 0.6 is 11.6 Å². The highest BCUT2D eigenvalue weighted by atomic mass is 35.5. The molecule has 0 fully saturated rings. The number of benzene rings is 1. The Morgan fingerprint density at radius 2 is 1.92 bits per heavy atom. The molecule has 0 aliphatic carbocycles. The van der Waals surface area contributed by atoms with Crippen molar-refractivity contribution in [3.8, 4) is 0 Å². The number of halogens is 4. The predicted molar refractivity (Wildman–Crippen MR) is 44.1 cm³/mol. The Balaban J connectivity index is 3.19. The van der Waals surface area contributed by atoms with Gasteiger partial charge in [0.2, 0.25) is 0 Å². The Hall–Kier alpha value is -0.675. The van der Waals surface area contributed by atoms with Crippen molar-refractivity contribution >= 4 is 24.5 Å². The molecule has 1 N–H and O–H groups in total. The summed E-state index contributed by atoms with van der Waals surface area (Å²) in [6.07, 6.45) is -4.49. The van der Waals surface area contributed by atoms with Crippen LogP contribution in [0.2, 0.25) is 5.02 Å². The first-order valence-corrected chi connectivity index (χ1v) is 3.67. The zero-order valence-corrected chi connectivity index (χ0v) is 7.02. The van der Waals surface area contributed by atoms with Crippen LogP contribution in [0.5, 0.6) is 0 Å². The fourth-order valence-electron chi connectivity index (χ4n) is 0.840. The Morgan fingerprint density at radius 1 is 1.31 bits per heavy atom. The molecular formula is C7H4BClF3O. The summed E-state index contributed by atoms with van der Waals surface area (Å²) in [7, 11) is 0.589. The zero-order chi connectivity index (χ0) is 10.1. The van der Waals surface area contributed by atoms with Crippen LogP contribution in [0.4, 0.5) is 13.2 Å². The first-order chi connectivity index (χ1) is 5.95. The van der Waals surface area contributed by atoms with Crippen LogP contribution in [-0.2, 0) is 6.18 Å². The molecule has 1 rings (SSSR count). The highest BCUT2D eigenvalue weighted by Gasteiger charge is 2.33. The van der Waals surface area contributed by atoms with Crippen LogP contribution in [0.25, 0.3) is 0 Å². The van der Waals surface area contributed by atoms with E-state index in [-0.39, 0.29) is 10.5 Å². The Morgan fingerprint density at radius 3 is 2.38 bits per heavy atom. The second-order valence-electron chi connectivity index (χ2n) is 2.37. The van der Waals surface area contributed by atoms with Gasteiger partial charge in [-0.15, -0.1) is 0 Å². The minimum Gasteiger partial charge on any atom is -0.450 e. The second-order valence-corrected chi connectivity index (χ2v) is 2.77. The van der Waals surface area contributed by atoms with Crippen LogP contribution in [-0.4, -0.2) is 12.5 Å². The quantitative estimate of drug-likeness (QED) is 0.694. The van der Waals surface area contributed by atoms with Crippen LogP contribution in [0, 0.1) is 0 Å². The Labute approximate surface area is 78.4 Å². The molecule has 0 spiro atoms. The summed E-state index contributed by atoms with van der Waals surface area (Å²) in [6, 6.07) is 3.16. The molecule has 0 unspecified atom stereocenters. The third-order valence-corrected chi connectivity index (χ3v) is 1.77. The number of alkyl halides is 3. The molecule has 0 aliphatic rings. The van der Waals surface area contributed by atoms with Gasteiger partial charge in [0.15, 0.2) is 0 Å². The molecule has 1 nitrogen and oxygen atoms in total. The van der Waals surface area contributed by atoms with Crippen LogP contribution in [0.3, 0.4) is 0 Å². The van der Waals surface area contributed by atoms with Gasteiger partial charge in [-0.2, -0.15) is 13.2 Å². The predicted octanol–water partition coefficient (Wildman–Crippen LogP) is 1.60. The molecule has 0 aliphatic heterocycles. The number of hydrogen-bond donors (Lipinski definition) is 1. The molecule has 13 heavy (non-hydrogen) atoms. The van der Waals surface area contributed by atoms with E-state index in [1.807, 2.05) is 0 Å². The van der Waals surface area contributed by atoms with Gasteiger partial charge in [0.1, 0.15) is 0 Å². The first kappa shape index (κ1) is 10.4. The van der Waals surface area contributed by atoms with Crippen molar-refractivity contribution in [3.63, 3.8) is 0 Å². The third-order valence-electron chi connectivity index (χ3n) is 1.44. The molecule has 0 saturated heterocycles. The summed E-state index contributed by atoms with van der Waals surface area (Å²) in [5.74, 6) is 0. The lowest BCUT2D eigenvalue weighted by Crippen LogP contribution is -2.17. The summed E-state index contributed by atoms with van der Waals surface area (Å²) >= 11 is 5.32. The van der Waals surface area contributed by atoms with E-state index in [1.54, 1.807) is 0 Å². The monoisotopic (exact) mass is 207 g/mol. The average Bonchev–Trinajstić information content (AvgIpc) is 2.03. The number of hydrogen-bond acceptors (Lipinski definition) is 1. The fourth-order valence-corrected chi connectivity index (χ4v) is 1.07. The fraction of sp³-hybridized carbons (Fsp3) is 0.143. The maximum Gasteiger partial charge on any atom is 0.417 e. The van der Waals surface area contributed by atoms with Gasteiger partial charge >= 0.3 is 13.7 Å². The van der Waals surface area contributed by atoms with Gasteiger partial charge in [0.05, 0.1) is 10.6 Å². The topological polar surface area (TPSA) is 20.2 Å². The van der Waals surface area contributed by atoms with E-state index in [0.717, 1.165) is 12.1 Å². The van der Waals surface area contributed by atoms with Gasteiger partial charge < -0.3 is 5.02 Å². The summed E-state index contributed by atoms with van der Waals surface area (Å²) in [6.45, 7) is 0. The number of rotatable bonds is 1. The third kappa shape index (κ3) is 2.38. The Kier molecular flexibility index (Phi) is 2.88. The van der Waals surface area contributed by atoms with E-state index in [2.05, 4.69) is 0 Å². The Bertz CT molecular complexity index is 313. The molecule has 0 amide bonds. The van der Waals surface area contributed by atoms with Gasteiger partial charge in [0.25, 0.3) is 0 Å². The summed E-state index contributed by atoms with van der Waals surface area (Å²) in [4.78, 5) is 0. The SMILES string of the molecule is O[B]c1ccc(Cl)c(C(F)(F)F)c1. The van der Waals surface area contributed by atoms with Crippen molar-refractivity contribution < 1.29 is 18.2 Å². The van der Waals surface area contributed by atoms with Crippen molar-refractivity contribution in [2.75, 3.05) is 0 Å². The highest BCUT2D eigenvalue weighted by molar-refractivity contribution is 6.45.